The molecule has 0 saturated carbocycles. The number of nitriles is 1. The molecule has 3 aromatic rings. The number of anilines is 1. The number of aryl methyl sites for hydroxylation is 1. The molecule has 2 N–H and O–H groups in total. The summed E-state index contributed by atoms with van der Waals surface area (Å²) < 4.78 is 0. The smallest absolute Gasteiger partial charge is 0.255 e. The first kappa shape index (κ1) is 22.3. The van der Waals surface area contributed by atoms with Crippen LogP contribution in [-0.2, 0) is 19.5 Å². The average Bonchev–Trinajstić information content (AvgIpc) is 2.82. The minimum absolute atomic E-state index is 0.197. The Bertz CT molecular complexity index is 1260. The zero-order valence-electron chi connectivity index (χ0n) is 18.8. The molecular weight excluding hydrogens is 412 g/mol. The maximum absolute atomic E-state index is 12.8. The molecule has 33 heavy (non-hydrogen) atoms. The first-order valence-electron chi connectivity index (χ1n) is 10.9. The number of hydrogen-bond acceptors (Lipinski definition) is 4. The number of nitrogens with zero attached hydrogens (tertiary/aromatic N) is 2. The summed E-state index contributed by atoms with van der Waals surface area (Å²) in [6, 6.07) is 20.5. The van der Waals surface area contributed by atoms with E-state index in [-0.39, 0.29) is 18.4 Å². The van der Waals surface area contributed by atoms with E-state index in [2.05, 4.69) is 34.7 Å². The van der Waals surface area contributed by atoms with Gasteiger partial charge < -0.3 is 15.5 Å². The zero-order chi connectivity index (χ0) is 23.4. The van der Waals surface area contributed by atoms with E-state index < -0.39 is 0 Å². The van der Waals surface area contributed by atoms with Crippen molar-refractivity contribution in [3.63, 3.8) is 0 Å². The first-order valence-corrected chi connectivity index (χ1v) is 10.9. The van der Waals surface area contributed by atoms with Crippen LogP contribution in [0.4, 0.5) is 5.69 Å². The molecule has 166 valence electrons. The minimum atomic E-state index is -0.319. The predicted octanol–water partition coefficient (Wildman–Crippen LogP) is 4.04. The Labute approximate surface area is 193 Å². The SMILES string of the molecule is Cc1ccc(C(=O)NCc2cccc(C(=O)Nc3ccc4c(c3)CN(C)CC4)c2)c(C#N)c1. The van der Waals surface area contributed by atoms with Crippen LogP contribution in [0, 0.1) is 18.3 Å². The van der Waals surface area contributed by atoms with Gasteiger partial charge in [-0.05, 0) is 79.0 Å². The fourth-order valence-electron chi connectivity index (χ4n) is 4.03. The number of carbonyl (C=O) groups excluding carboxylic acids is 2. The molecule has 0 aromatic heterocycles. The van der Waals surface area contributed by atoms with Gasteiger partial charge in [0.15, 0.2) is 0 Å². The van der Waals surface area contributed by atoms with E-state index in [9.17, 15) is 14.9 Å². The van der Waals surface area contributed by atoms with Gasteiger partial charge in [0.2, 0.25) is 0 Å². The Balaban J connectivity index is 1.42. The van der Waals surface area contributed by atoms with Gasteiger partial charge in [0.1, 0.15) is 0 Å². The fraction of sp³-hybridized carbons (Fsp3) is 0.222. The van der Waals surface area contributed by atoms with Crippen LogP contribution in [0.1, 0.15) is 48.5 Å². The largest absolute Gasteiger partial charge is 0.348 e. The molecule has 6 nitrogen and oxygen atoms in total. The quantitative estimate of drug-likeness (QED) is 0.630. The van der Waals surface area contributed by atoms with Gasteiger partial charge in [-0.25, -0.2) is 0 Å². The summed E-state index contributed by atoms with van der Waals surface area (Å²) in [7, 11) is 2.10. The average molecular weight is 439 g/mol. The summed E-state index contributed by atoms with van der Waals surface area (Å²) in [6.45, 7) is 4.05. The standard InChI is InChI=1S/C27H26N4O2/c1-18-6-9-25(22(12-18)15-28)27(33)29-16-19-4-3-5-21(13-19)26(32)30-24-8-7-20-10-11-31(2)17-23(20)14-24/h3-9,12-14H,10-11,16-17H2,1-2H3,(H,29,33)(H,30,32). The maximum Gasteiger partial charge on any atom is 0.255 e. The number of carbonyl (C=O) groups is 2. The number of hydrogen-bond donors (Lipinski definition) is 2. The number of rotatable bonds is 5. The molecule has 1 aliphatic heterocycles. The van der Waals surface area contributed by atoms with Gasteiger partial charge in [0.05, 0.1) is 17.2 Å². The molecule has 0 saturated heterocycles. The molecule has 2 amide bonds. The van der Waals surface area contributed by atoms with Gasteiger partial charge in [0, 0.05) is 30.9 Å². The Hall–Kier alpha value is -3.95. The van der Waals surface area contributed by atoms with Gasteiger partial charge in [0.25, 0.3) is 11.8 Å². The van der Waals surface area contributed by atoms with E-state index in [0.717, 1.165) is 36.3 Å². The third-order valence-corrected chi connectivity index (χ3v) is 5.85. The van der Waals surface area contributed by atoms with Crippen LogP contribution in [0.5, 0.6) is 0 Å². The molecule has 3 aromatic carbocycles. The summed E-state index contributed by atoms with van der Waals surface area (Å²) in [6.07, 6.45) is 1.02. The van der Waals surface area contributed by atoms with Crippen molar-refractivity contribution in [1.82, 2.24) is 10.2 Å². The third kappa shape index (κ3) is 5.28. The van der Waals surface area contributed by atoms with Crippen LogP contribution >= 0.6 is 0 Å². The number of likely N-dealkylation sites (N-methyl/N-ethyl adjacent to an activating group) is 1. The van der Waals surface area contributed by atoms with E-state index in [4.69, 9.17) is 0 Å². The van der Waals surface area contributed by atoms with Gasteiger partial charge >= 0.3 is 0 Å². The summed E-state index contributed by atoms with van der Waals surface area (Å²) in [4.78, 5) is 27.7. The van der Waals surface area contributed by atoms with E-state index >= 15 is 0 Å². The van der Waals surface area contributed by atoms with Crippen molar-refractivity contribution in [3.8, 4) is 6.07 Å². The fourth-order valence-corrected chi connectivity index (χ4v) is 4.03. The second kappa shape index (κ2) is 9.68. The monoisotopic (exact) mass is 438 g/mol. The van der Waals surface area contributed by atoms with Crippen LogP contribution in [0.15, 0.2) is 60.7 Å². The highest BCUT2D eigenvalue weighted by atomic mass is 16.2. The van der Waals surface area contributed by atoms with Crippen molar-refractivity contribution >= 4 is 17.5 Å². The molecule has 6 heteroatoms. The Morgan fingerprint density at radius 2 is 1.88 bits per heavy atom. The first-order chi connectivity index (χ1) is 15.9. The van der Waals surface area contributed by atoms with E-state index in [0.29, 0.717) is 16.7 Å². The van der Waals surface area contributed by atoms with E-state index in [1.165, 1.54) is 11.1 Å². The van der Waals surface area contributed by atoms with Crippen LogP contribution in [0.3, 0.4) is 0 Å². The summed E-state index contributed by atoms with van der Waals surface area (Å²) in [5.74, 6) is -0.516. The van der Waals surface area contributed by atoms with Gasteiger partial charge in [-0.1, -0.05) is 24.3 Å². The zero-order valence-corrected chi connectivity index (χ0v) is 18.8. The van der Waals surface area contributed by atoms with Gasteiger partial charge in [-0.3, -0.25) is 9.59 Å². The van der Waals surface area contributed by atoms with Crippen LogP contribution in [0.25, 0.3) is 0 Å². The molecule has 4 rings (SSSR count). The molecule has 0 aliphatic carbocycles. The lowest BCUT2D eigenvalue weighted by molar-refractivity contribution is 0.0950. The normalized spacial score (nSPS) is 13.0. The molecule has 0 fully saturated rings. The Kier molecular flexibility index (Phi) is 6.53. The summed E-state index contributed by atoms with van der Waals surface area (Å²) in [5.41, 5.74) is 6.27. The van der Waals surface area contributed by atoms with E-state index in [1.807, 2.05) is 25.1 Å². The second-order valence-corrected chi connectivity index (χ2v) is 8.47. The molecule has 0 unspecified atom stereocenters. The lowest BCUT2D eigenvalue weighted by atomic mass is 9.99. The van der Waals surface area contributed by atoms with Crippen molar-refractivity contribution < 1.29 is 9.59 Å². The highest BCUT2D eigenvalue weighted by Crippen LogP contribution is 2.22. The predicted molar refractivity (Wildman–Crippen MR) is 128 cm³/mol. The topological polar surface area (TPSA) is 85.2 Å². The van der Waals surface area contributed by atoms with Crippen molar-refractivity contribution in [2.75, 3.05) is 18.9 Å². The highest BCUT2D eigenvalue weighted by molar-refractivity contribution is 6.04. The summed E-state index contributed by atoms with van der Waals surface area (Å²) in [5, 5.41) is 15.1. The summed E-state index contributed by atoms with van der Waals surface area (Å²) >= 11 is 0. The van der Waals surface area contributed by atoms with Gasteiger partial charge in [-0.2, -0.15) is 5.26 Å². The Morgan fingerprint density at radius 1 is 1.03 bits per heavy atom. The molecule has 0 atom stereocenters. The van der Waals surface area contributed by atoms with Crippen molar-refractivity contribution in [3.05, 3.63) is 99.6 Å². The lowest BCUT2D eigenvalue weighted by Crippen LogP contribution is -2.26. The third-order valence-electron chi connectivity index (χ3n) is 5.85. The van der Waals surface area contributed by atoms with Crippen molar-refractivity contribution in [2.45, 2.75) is 26.4 Å². The van der Waals surface area contributed by atoms with Crippen molar-refractivity contribution in [1.29, 1.82) is 5.26 Å². The van der Waals surface area contributed by atoms with Crippen molar-refractivity contribution in [2.24, 2.45) is 0 Å². The molecule has 1 heterocycles. The molecule has 0 radical (unpaired) electrons. The van der Waals surface area contributed by atoms with Crippen LogP contribution < -0.4 is 10.6 Å². The molecule has 0 bridgehead atoms. The highest BCUT2D eigenvalue weighted by Gasteiger charge is 2.15. The number of fused-ring (bicyclic) bond motifs is 1. The number of benzene rings is 3. The molecule has 0 spiro atoms. The molecule has 1 aliphatic rings. The Morgan fingerprint density at radius 3 is 2.70 bits per heavy atom. The van der Waals surface area contributed by atoms with Gasteiger partial charge in [-0.15, -0.1) is 0 Å². The van der Waals surface area contributed by atoms with Crippen LogP contribution in [-0.4, -0.2) is 30.3 Å². The second-order valence-electron chi connectivity index (χ2n) is 8.47. The number of amides is 2. The minimum Gasteiger partial charge on any atom is -0.348 e. The lowest BCUT2D eigenvalue weighted by Gasteiger charge is -2.25. The van der Waals surface area contributed by atoms with E-state index in [1.54, 1.807) is 36.4 Å². The van der Waals surface area contributed by atoms with Crippen LogP contribution in [0.2, 0.25) is 0 Å². The maximum atomic E-state index is 12.8. The number of nitrogens with one attached hydrogen (secondary N) is 2. The molecular formula is C27H26N4O2.